The molecule has 2 rings (SSSR count). The zero-order chi connectivity index (χ0) is 14.2. The fourth-order valence-corrected chi connectivity index (χ4v) is 2.78. The van der Waals surface area contributed by atoms with Gasteiger partial charge in [-0.2, -0.15) is 0 Å². The van der Waals surface area contributed by atoms with E-state index in [2.05, 4.69) is 52.0 Å². The van der Waals surface area contributed by atoms with E-state index in [0.717, 1.165) is 19.6 Å². The van der Waals surface area contributed by atoms with Gasteiger partial charge in [0.15, 0.2) is 0 Å². The van der Waals surface area contributed by atoms with Crippen LogP contribution in [-0.2, 0) is 13.1 Å². The highest BCUT2D eigenvalue weighted by molar-refractivity contribution is 5.06. The molecule has 1 aliphatic rings. The van der Waals surface area contributed by atoms with Gasteiger partial charge < -0.3 is 19.7 Å². The molecule has 0 saturated carbocycles. The maximum absolute atomic E-state index is 3.58. The van der Waals surface area contributed by atoms with Crippen molar-refractivity contribution in [2.45, 2.75) is 32.9 Å². The van der Waals surface area contributed by atoms with Crippen molar-refractivity contribution < 1.29 is 0 Å². The van der Waals surface area contributed by atoms with Gasteiger partial charge in [-0.1, -0.05) is 6.92 Å². The highest BCUT2D eigenvalue weighted by atomic mass is 15.2. The second-order valence-electron chi connectivity index (χ2n) is 5.87. The summed E-state index contributed by atoms with van der Waals surface area (Å²) in [6.07, 6.45) is 4.63. The van der Waals surface area contributed by atoms with Crippen LogP contribution >= 0.6 is 0 Å². The normalized spacial score (nSPS) is 17.7. The monoisotopic (exact) mass is 278 g/mol. The first-order valence-electron chi connectivity index (χ1n) is 8.05. The van der Waals surface area contributed by atoms with Crippen LogP contribution in [0.2, 0.25) is 0 Å². The van der Waals surface area contributed by atoms with E-state index in [1.165, 1.54) is 51.3 Å². The standard InChI is InChI=1S/C16H30N4/c1-3-8-20-10-4-6-16(20)15-17-7-5-9-19-13-11-18(2)12-14-19/h4,6,10,17H,3,5,7-9,11-15H2,1-2H3. The molecule has 1 aromatic rings. The molecule has 0 atom stereocenters. The summed E-state index contributed by atoms with van der Waals surface area (Å²) in [5.41, 5.74) is 1.41. The first kappa shape index (κ1) is 15.5. The summed E-state index contributed by atoms with van der Waals surface area (Å²) in [5, 5.41) is 3.58. The largest absolute Gasteiger partial charge is 0.350 e. The van der Waals surface area contributed by atoms with Crippen LogP contribution in [0.25, 0.3) is 0 Å². The number of rotatable bonds is 8. The van der Waals surface area contributed by atoms with Crippen molar-refractivity contribution >= 4 is 0 Å². The zero-order valence-corrected chi connectivity index (χ0v) is 13.1. The number of hydrogen-bond acceptors (Lipinski definition) is 3. The van der Waals surface area contributed by atoms with E-state index in [1.807, 2.05) is 0 Å². The van der Waals surface area contributed by atoms with Crippen LogP contribution in [0.3, 0.4) is 0 Å². The van der Waals surface area contributed by atoms with Crippen LogP contribution in [0.1, 0.15) is 25.5 Å². The van der Waals surface area contributed by atoms with Gasteiger partial charge in [-0.25, -0.2) is 0 Å². The fraction of sp³-hybridized carbons (Fsp3) is 0.750. The van der Waals surface area contributed by atoms with E-state index in [4.69, 9.17) is 0 Å². The van der Waals surface area contributed by atoms with Crippen molar-refractivity contribution in [2.24, 2.45) is 0 Å². The van der Waals surface area contributed by atoms with Crippen molar-refractivity contribution in [1.29, 1.82) is 0 Å². The van der Waals surface area contributed by atoms with Gasteiger partial charge in [0, 0.05) is 51.2 Å². The summed E-state index contributed by atoms with van der Waals surface area (Å²) in [6, 6.07) is 4.38. The molecule has 0 bridgehead atoms. The number of piperazine rings is 1. The van der Waals surface area contributed by atoms with Crippen molar-refractivity contribution in [1.82, 2.24) is 19.7 Å². The van der Waals surface area contributed by atoms with Gasteiger partial charge >= 0.3 is 0 Å². The van der Waals surface area contributed by atoms with E-state index in [-0.39, 0.29) is 0 Å². The molecule has 1 aromatic heterocycles. The van der Waals surface area contributed by atoms with E-state index < -0.39 is 0 Å². The summed E-state index contributed by atoms with van der Waals surface area (Å²) in [7, 11) is 2.21. The third kappa shape index (κ3) is 4.93. The number of nitrogens with one attached hydrogen (secondary N) is 1. The lowest BCUT2D eigenvalue weighted by atomic mass is 10.3. The van der Waals surface area contributed by atoms with Crippen molar-refractivity contribution in [3.63, 3.8) is 0 Å². The van der Waals surface area contributed by atoms with Crippen molar-refractivity contribution in [3.8, 4) is 0 Å². The molecule has 1 fully saturated rings. The van der Waals surface area contributed by atoms with Crippen molar-refractivity contribution in [2.75, 3.05) is 46.3 Å². The molecule has 1 saturated heterocycles. The zero-order valence-electron chi connectivity index (χ0n) is 13.1. The SMILES string of the molecule is CCCn1cccc1CNCCCN1CCN(C)CC1. The summed E-state index contributed by atoms with van der Waals surface area (Å²) in [5.74, 6) is 0. The molecule has 0 aliphatic carbocycles. The Bertz CT molecular complexity index is 366. The smallest absolute Gasteiger partial charge is 0.0359 e. The Balaban J connectivity index is 1.56. The highest BCUT2D eigenvalue weighted by Gasteiger charge is 2.12. The predicted octanol–water partition coefficient (Wildman–Crippen LogP) is 1.63. The molecule has 4 heteroatoms. The van der Waals surface area contributed by atoms with Gasteiger partial charge in [0.2, 0.25) is 0 Å². The molecule has 114 valence electrons. The molecular weight excluding hydrogens is 248 g/mol. The number of hydrogen-bond donors (Lipinski definition) is 1. The molecule has 0 unspecified atom stereocenters. The topological polar surface area (TPSA) is 23.4 Å². The quantitative estimate of drug-likeness (QED) is 0.731. The molecule has 0 amide bonds. The summed E-state index contributed by atoms with van der Waals surface area (Å²) >= 11 is 0. The second-order valence-corrected chi connectivity index (χ2v) is 5.87. The summed E-state index contributed by atoms with van der Waals surface area (Å²) in [6.45, 7) is 11.6. The third-order valence-electron chi connectivity index (χ3n) is 4.12. The number of nitrogens with zero attached hydrogens (tertiary/aromatic N) is 3. The van der Waals surface area contributed by atoms with E-state index in [9.17, 15) is 0 Å². The predicted molar refractivity (Wildman–Crippen MR) is 85.0 cm³/mol. The molecule has 1 N–H and O–H groups in total. The van der Waals surface area contributed by atoms with Crippen molar-refractivity contribution in [3.05, 3.63) is 24.0 Å². The Morgan fingerprint density at radius 1 is 1.15 bits per heavy atom. The Kier molecular flexibility index (Phi) is 6.57. The van der Waals surface area contributed by atoms with Crippen LogP contribution in [-0.4, -0.2) is 60.7 Å². The molecule has 1 aliphatic heterocycles. The van der Waals surface area contributed by atoms with Gasteiger partial charge in [0.25, 0.3) is 0 Å². The van der Waals surface area contributed by atoms with Gasteiger partial charge in [0.1, 0.15) is 0 Å². The minimum atomic E-state index is 0.996. The van der Waals surface area contributed by atoms with Crippen LogP contribution in [0.15, 0.2) is 18.3 Å². The first-order valence-corrected chi connectivity index (χ1v) is 8.05. The minimum absolute atomic E-state index is 0.996. The number of aromatic nitrogens is 1. The van der Waals surface area contributed by atoms with Gasteiger partial charge in [-0.3, -0.25) is 0 Å². The van der Waals surface area contributed by atoms with Crippen LogP contribution in [0.5, 0.6) is 0 Å². The lowest BCUT2D eigenvalue weighted by Crippen LogP contribution is -2.45. The molecule has 20 heavy (non-hydrogen) atoms. The Hall–Kier alpha value is -0.840. The van der Waals surface area contributed by atoms with Crippen LogP contribution in [0.4, 0.5) is 0 Å². The molecule has 0 aromatic carbocycles. The molecule has 0 radical (unpaired) electrons. The first-order chi connectivity index (χ1) is 9.79. The molecule has 2 heterocycles. The third-order valence-corrected chi connectivity index (χ3v) is 4.12. The molecule has 4 nitrogen and oxygen atoms in total. The Morgan fingerprint density at radius 2 is 1.95 bits per heavy atom. The Labute approximate surface area is 123 Å². The van der Waals surface area contributed by atoms with Crippen LogP contribution < -0.4 is 5.32 Å². The fourth-order valence-electron chi connectivity index (χ4n) is 2.78. The molecular formula is C16H30N4. The minimum Gasteiger partial charge on any atom is -0.350 e. The second kappa shape index (κ2) is 8.45. The number of likely N-dealkylation sites (N-methyl/N-ethyl adjacent to an activating group) is 1. The average molecular weight is 278 g/mol. The Morgan fingerprint density at radius 3 is 2.70 bits per heavy atom. The van der Waals surface area contributed by atoms with Gasteiger partial charge in [-0.05, 0) is 45.1 Å². The average Bonchev–Trinajstić information content (AvgIpc) is 2.88. The van der Waals surface area contributed by atoms with Crippen LogP contribution in [0, 0.1) is 0 Å². The highest BCUT2D eigenvalue weighted by Crippen LogP contribution is 2.03. The number of aryl methyl sites for hydroxylation is 1. The van der Waals surface area contributed by atoms with E-state index >= 15 is 0 Å². The summed E-state index contributed by atoms with van der Waals surface area (Å²) < 4.78 is 2.35. The van der Waals surface area contributed by atoms with Gasteiger partial charge in [0.05, 0.1) is 0 Å². The summed E-state index contributed by atoms with van der Waals surface area (Å²) in [4.78, 5) is 5.00. The van der Waals surface area contributed by atoms with E-state index in [0.29, 0.717) is 0 Å². The lowest BCUT2D eigenvalue weighted by Gasteiger charge is -2.32. The maximum atomic E-state index is 3.58. The molecule has 0 spiro atoms. The van der Waals surface area contributed by atoms with Gasteiger partial charge in [-0.15, -0.1) is 0 Å². The van der Waals surface area contributed by atoms with E-state index in [1.54, 1.807) is 0 Å². The maximum Gasteiger partial charge on any atom is 0.0359 e. The lowest BCUT2D eigenvalue weighted by molar-refractivity contribution is 0.152.